The highest BCUT2D eigenvalue weighted by molar-refractivity contribution is 6.05. The van der Waals surface area contributed by atoms with Crippen LogP contribution >= 0.6 is 0 Å². The average Bonchev–Trinajstić information content (AvgIpc) is 2.86. The SMILES string of the molecule is COc1ccc([C@@H]2[C@H](C(=O)Nc3ccc(F)cc3F)c3cc(OC)c(OC)cc3C(=O)N2C)cc1. The van der Waals surface area contributed by atoms with Crippen molar-refractivity contribution in [3.63, 3.8) is 0 Å². The minimum Gasteiger partial charge on any atom is -0.497 e. The van der Waals surface area contributed by atoms with Crippen molar-refractivity contribution in [1.82, 2.24) is 4.90 Å². The summed E-state index contributed by atoms with van der Waals surface area (Å²) in [4.78, 5) is 28.5. The highest BCUT2D eigenvalue weighted by atomic mass is 19.1. The summed E-state index contributed by atoms with van der Waals surface area (Å²) in [5.41, 5.74) is 1.15. The molecule has 4 rings (SSSR count). The molecule has 0 unspecified atom stereocenters. The van der Waals surface area contributed by atoms with Crippen LogP contribution in [0.5, 0.6) is 17.2 Å². The molecule has 1 N–H and O–H groups in total. The van der Waals surface area contributed by atoms with Gasteiger partial charge in [0.05, 0.1) is 39.0 Å². The molecule has 2 amide bonds. The van der Waals surface area contributed by atoms with Crippen molar-refractivity contribution < 1.29 is 32.6 Å². The molecule has 0 aliphatic carbocycles. The van der Waals surface area contributed by atoms with E-state index in [1.165, 1.54) is 32.3 Å². The smallest absolute Gasteiger partial charge is 0.254 e. The van der Waals surface area contributed by atoms with Gasteiger partial charge in [-0.2, -0.15) is 0 Å². The van der Waals surface area contributed by atoms with Gasteiger partial charge in [0.2, 0.25) is 5.91 Å². The number of methoxy groups -OCH3 is 3. The molecular formula is C26H24F2N2O5. The lowest BCUT2D eigenvalue weighted by Gasteiger charge is -2.40. The number of nitrogens with one attached hydrogen (secondary N) is 1. The molecule has 0 fully saturated rings. The van der Waals surface area contributed by atoms with Crippen LogP contribution in [0.3, 0.4) is 0 Å². The third kappa shape index (κ3) is 4.37. The van der Waals surface area contributed by atoms with Crippen LogP contribution in [0.15, 0.2) is 54.6 Å². The lowest BCUT2D eigenvalue weighted by molar-refractivity contribution is -0.119. The van der Waals surface area contributed by atoms with Crippen LogP contribution in [0, 0.1) is 11.6 Å². The van der Waals surface area contributed by atoms with Gasteiger partial charge >= 0.3 is 0 Å². The Labute approximate surface area is 201 Å². The first-order chi connectivity index (χ1) is 16.8. The molecule has 1 heterocycles. The van der Waals surface area contributed by atoms with Crippen molar-refractivity contribution in [2.75, 3.05) is 33.7 Å². The minimum atomic E-state index is -0.953. The summed E-state index contributed by atoms with van der Waals surface area (Å²) >= 11 is 0. The Bertz CT molecular complexity index is 1280. The van der Waals surface area contributed by atoms with Crippen LogP contribution in [0.2, 0.25) is 0 Å². The second kappa shape index (κ2) is 9.61. The lowest BCUT2D eigenvalue weighted by atomic mass is 9.79. The Morgan fingerprint density at radius 2 is 1.57 bits per heavy atom. The number of amides is 2. The van der Waals surface area contributed by atoms with Gasteiger partial charge in [0.15, 0.2) is 11.5 Å². The Balaban J connectivity index is 1.87. The van der Waals surface area contributed by atoms with E-state index in [2.05, 4.69) is 5.32 Å². The van der Waals surface area contributed by atoms with Gasteiger partial charge in [0, 0.05) is 18.7 Å². The van der Waals surface area contributed by atoms with Crippen molar-refractivity contribution in [1.29, 1.82) is 0 Å². The van der Waals surface area contributed by atoms with Crippen LogP contribution in [-0.2, 0) is 4.79 Å². The highest BCUT2D eigenvalue weighted by Crippen LogP contribution is 2.46. The van der Waals surface area contributed by atoms with Gasteiger partial charge < -0.3 is 24.4 Å². The van der Waals surface area contributed by atoms with Crippen LogP contribution in [0.1, 0.15) is 33.4 Å². The molecule has 0 aromatic heterocycles. The molecule has 1 aliphatic rings. The summed E-state index contributed by atoms with van der Waals surface area (Å²) in [6, 6.07) is 12.2. The predicted octanol–water partition coefficient (Wildman–Crippen LogP) is 4.54. The van der Waals surface area contributed by atoms with E-state index in [0.29, 0.717) is 34.4 Å². The molecule has 35 heavy (non-hydrogen) atoms. The van der Waals surface area contributed by atoms with E-state index in [9.17, 15) is 18.4 Å². The van der Waals surface area contributed by atoms with Crippen molar-refractivity contribution in [2.45, 2.75) is 12.0 Å². The van der Waals surface area contributed by atoms with E-state index in [1.54, 1.807) is 37.4 Å². The number of hydrogen-bond donors (Lipinski definition) is 1. The van der Waals surface area contributed by atoms with Gasteiger partial charge in [-0.25, -0.2) is 8.78 Å². The number of nitrogens with zero attached hydrogens (tertiary/aromatic N) is 1. The van der Waals surface area contributed by atoms with Crippen molar-refractivity contribution in [3.8, 4) is 17.2 Å². The predicted molar refractivity (Wildman–Crippen MR) is 125 cm³/mol. The topological polar surface area (TPSA) is 77.1 Å². The maximum Gasteiger partial charge on any atom is 0.254 e. The van der Waals surface area contributed by atoms with E-state index >= 15 is 0 Å². The Morgan fingerprint density at radius 1 is 0.914 bits per heavy atom. The van der Waals surface area contributed by atoms with E-state index in [-0.39, 0.29) is 17.2 Å². The van der Waals surface area contributed by atoms with Gasteiger partial charge in [-0.1, -0.05) is 12.1 Å². The molecule has 1 aliphatic heterocycles. The number of benzene rings is 3. The molecule has 0 bridgehead atoms. The first kappa shape index (κ1) is 24.0. The molecule has 0 spiro atoms. The van der Waals surface area contributed by atoms with Gasteiger partial charge in [-0.05, 0) is 47.5 Å². The zero-order chi connectivity index (χ0) is 25.3. The number of halogens is 2. The zero-order valence-corrected chi connectivity index (χ0v) is 19.6. The summed E-state index contributed by atoms with van der Waals surface area (Å²) in [5.74, 6) is -2.25. The summed E-state index contributed by atoms with van der Waals surface area (Å²) in [5, 5.41) is 2.56. The van der Waals surface area contributed by atoms with Crippen LogP contribution < -0.4 is 19.5 Å². The largest absolute Gasteiger partial charge is 0.497 e. The van der Waals surface area contributed by atoms with Crippen LogP contribution in [0.4, 0.5) is 14.5 Å². The van der Waals surface area contributed by atoms with Gasteiger partial charge in [0.25, 0.3) is 5.91 Å². The van der Waals surface area contributed by atoms with E-state index in [4.69, 9.17) is 14.2 Å². The number of carbonyl (C=O) groups is 2. The third-order valence-corrected chi connectivity index (χ3v) is 6.10. The Morgan fingerprint density at radius 3 is 2.17 bits per heavy atom. The molecule has 7 nitrogen and oxygen atoms in total. The second-order valence-electron chi connectivity index (χ2n) is 8.02. The normalized spacial score (nSPS) is 17.0. The third-order valence-electron chi connectivity index (χ3n) is 6.10. The van der Waals surface area contributed by atoms with E-state index in [0.717, 1.165) is 12.1 Å². The summed E-state index contributed by atoms with van der Waals surface area (Å²) in [7, 11) is 6.03. The zero-order valence-electron chi connectivity index (χ0n) is 19.6. The maximum absolute atomic E-state index is 14.4. The van der Waals surface area contributed by atoms with E-state index in [1.807, 2.05) is 0 Å². The monoisotopic (exact) mass is 482 g/mol. The van der Waals surface area contributed by atoms with Crippen molar-refractivity contribution >= 4 is 17.5 Å². The lowest BCUT2D eigenvalue weighted by Crippen LogP contribution is -2.44. The van der Waals surface area contributed by atoms with Gasteiger partial charge in [0.1, 0.15) is 17.4 Å². The highest BCUT2D eigenvalue weighted by Gasteiger charge is 2.43. The Kier molecular flexibility index (Phi) is 6.59. The minimum absolute atomic E-state index is 0.175. The number of likely N-dealkylation sites (N-methyl/N-ethyl adjacent to an activating group) is 1. The first-order valence-electron chi connectivity index (χ1n) is 10.7. The molecule has 0 radical (unpaired) electrons. The van der Waals surface area contributed by atoms with Crippen LogP contribution in [-0.4, -0.2) is 45.1 Å². The van der Waals surface area contributed by atoms with Crippen molar-refractivity contribution in [3.05, 3.63) is 82.9 Å². The Hall–Kier alpha value is -4.14. The standard InChI is InChI=1S/C26H24F2N2O5/c1-30-24(14-5-8-16(33-2)9-6-14)23(25(31)29-20-10-7-15(27)11-19(20)28)17-12-21(34-3)22(35-4)13-18(17)26(30)32/h5-13,23-24H,1-4H3,(H,29,31)/t23-,24-/m1/s1. The maximum atomic E-state index is 14.4. The summed E-state index contributed by atoms with van der Waals surface area (Å²) in [6.07, 6.45) is 0. The number of ether oxygens (including phenoxy) is 3. The summed E-state index contributed by atoms with van der Waals surface area (Å²) in [6.45, 7) is 0. The number of hydrogen-bond acceptors (Lipinski definition) is 5. The van der Waals surface area contributed by atoms with Gasteiger partial charge in [-0.3, -0.25) is 9.59 Å². The molecule has 182 valence electrons. The molecule has 3 aromatic carbocycles. The molecule has 0 saturated heterocycles. The number of anilines is 1. The number of fused-ring (bicyclic) bond motifs is 1. The fraction of sp³-hybridized carbons (Fsp3) is 0.231. The van der Waals surface area contributed by atoms with Crippen molar-refractivity contribution in [2.24, 2.45) is 0 Å². The quantitative estimate of drug-likeness (QED) is 0.558. The summed E-state index contributed by atoms with van der Waals surface area (Å²) < 4.78 is 43.8. The molecule has 2 atom stereocenters. The van der Waals surface area contributed by atoms with Gasteiger partial charge in [-0.15, -0.1) is 0 Å². The molecule has 9 heteroatoms. The number of rotatable bonds is 6. The van der Waals surface area contributed by atoms with Crippen LogP contribution in [0.25, 0.3) is 0 Å². The second-order valence-corrected chi connectivity index (χ2v) is 8.02. The number of carbonyl (C=O) groups excluding carboxylic acids is 2. The molecule has 3 aromatic rings. The molecular weight excluding hydrogens is 458 g/mol. The average molecular weight is 482 g/mol. The molecule has 0 saturated carbocycles. The fourth-order valence-electron chi connectivity index (χ4n) is 4.35. The first-order valence-corrected chi connectivity index (χ1v) is 10.7. The van der Waals surface area contributed by atoms with E-state index < -0.39 is 29.5 Å². The fourth-order valence-corrected chi connectivity index (χ4v) is 4.35.